The van der Waals surface area contributed by atoms with Gasteiger partial charge in [0.25, 0.3) is 0 Å². The Labute approximate surface area is 76.3 Å². The Hall–Kier alpha value is -1.02. The van der Waals surface area contributed by atoms with E-state index in [4.69, 9.17) is 17.3 Å². The average Bonchev–Trinajstić information content (AvgIpc) is 2.08. The van der Waals surface area contributed by atoms with Gasteiger partial charge in [-0.25, -0.2) is 0 Å². The Morgan fingerprint density at radius 3 is 2.83 bits per heavy atom. The molecule has 3 heteroatoms. The van der Waals surface area contributed by atoms with Crippen molar-refractivity contribution in [3.05, 3.63) is 28.8 Å². The molecule has 64 valence electrons. The van der Waals surface area contributed by atoms with Gasteiger partial charge in [-0.05, 0) is 23.8 Å². The van der Waals surface area contributed by atoms with Gasteiger partial charge in [0.2, 0.25) is 0 Å². The minimum absolute atomic E-state index is 0.194. The second-order valence-corrected chi connectivity index (χ2v) is 3.11. The smallest absolute Gasteiger partial charge is 0.127 e. The van der Waals surface area contributed by atoms with Gasteiger partial charge in [0.1, 0.15) is 6.29 Å². The molecule has 0 spiro atoms. The van der Waals surface area contributed by atoms with E-state index in [0.717, 1.165) is 11.8 Å². The number of hydrogen-bond acceptors (Lipinski definition) is 2. The van der Waals surface area contributed by atoms with Crippen LogP contribution in [0.25, 0.3) is 0 Å². The molecule has 0 bridgehead atoms. The van der Waals surface area contributed by atoms with Crippen molar-refractivity contribution in [2.75, 3.05) is 5.73 Å². The van der Waals surface area contributed by atoms with Crippen molar-refractivity contribution in [2.45, 2.75) is 12.8 Å². The maximum atomic E-state index is 10.5. The number of hydrogen-bond donors (Lipinski definition) is 1. The lowest BCUT2D eigenvalue weighted by Gasteiger charge is -2.06. The lowest BCUT2D eigenvalue weighted by Crippen LogP contribution is -1.97. The molecule has 1 aromatic rings. The second-order valence-electron chi connectivity index (χ2n) is 2.71. The monoisotopic (exact) mass is 183 g/mol. The van der Waals surface area contributed by atoms with Crippen LogP contribution in [0.4, 0.5) is 5.69 Å². The van der Waals surface area contributed by atoms with Crippen molar-refractivity contribution in [1.29, 1.82) is 0 Å². The largest absolute Gasteiger partial charge is 0.399 e. The summed E-state index contributed by atoms with van der Waals surface area (Å²) in [5, 5.41) is 0.587. The summed E-state index contributed by atoms with van der Waals surface area (Å²) in [7, 11) is 0. The fourth-order valence-corrected chi connectivity index (χ4v) is 1.27. The van der Waals surface area contributed by atoms with Gasteiger partial charge in [0, 0.05) is 16.6 Å². The first-order valence-corrected chi connectivity index (χ1v) is 4.03. The van der Waals surface area contributed by atoms with E-state index in [1.54, 1.807) is 25.1 Å². The molecular weight excluding hydrogens is 174 g/mol. The molecule has 0 amide bonds. The molecule has 1 rings (SSSR count). The van der Waals surface area contributed by atoms with E-state index < -0.39 is 0 Å². The maximum absolute atomic E-state index is 10.5. The lowest BCUT2D eigenvalue weighted by molar-refractivity contribution is -0.108. The van der Waals surface area contributed by atoms with Gasteiger partial charge in [-0.1, -0.05) is 18.5 Å². The van der Waals surface area contributed by atoms with Crippen molar-refractivity contribution in [3.63, 3.8) is 0 Å². The quantitative estimate of drug-likeness (QED) is 0.565. The highest BCUT2D eigenvalue weighted by atomic mass is 35.5. The van der Waals surface area contributed by atoms with E-state index in [1.165, 1.54) is 0 Å². The molecule has 2 N–H and O–H groups in total. The molecule has 2 nitrogen and oxygen atoms in total. The molecule has 0 aromatic heterocycles. The Balaban J connectivity index is 3.12. The number of aldehydes is 1. The fraction of sp³-hybridized carbons (Fsp3) is 0.222. The van der Waals surface area contributed by atoms with E-state index in [2.05, 4.69) is 0 Å². The molecule has 0 aliphatic rings. The van der Waals surface area contributed by atoms with Crippen LogP contribution in [0.5, 0.6) is 0 Å². The number of carbonyl (C=O) groups excluding carboxylic acids is 1. The Bertz CT molecular complexity index is 299. The van der Waals surface area contributed by atoms with E-state index in [0.29, 0.717) is 10.7 Å². The zero-order chi connectivity index (χ0) is 9.14. The number of rotatable bonds is 2. The third kappa shape index (κ3) is 1.77. The summed E-state index contributed by atoms with van der Waals surface area (Å²) < 4.78 is 0. The van der Waals surface area contributed by atoms with Crippen LogP contribution in [0.1, 0.15) is 18.4 Å². The summed E-state index contributed by atoms with van der Waals surface area (Å²) in [6.45, 7) is 1.79. The van der Waals surface area contributed by atoms with Crippen molar-refractivity contribution in [1.82, 2.24) is 0 Å². The first kappa shape index (κ1) is 9.07. The number of nitrogens with two attached hydrogens (primary N) is 1. The van der Waals surface area contributed by atoms with Crippen LogP contribution in [-0.4, -0.2) is 6.29 Å². The topological polar surface area (TPSA) is 43.1 Å². The average molecular weight is 184 g/mol. The Morgan fingerprint density at radius 2 is 2.25 bits per heavy atom. The van der Waals surface area contributed by atoms with E-state index in [1.807, 2.05) is 0 Å². The van der Waals surface area contributed by atoms with Crippen molar-refractivity contribution < 1.29 is 4.79 Å². The predicted octanol–water partition coefficient (Wildman–Crippen LogP) is 2.22. The summed E-state index contributed by atoms with van der Waals surface area (Å²) in [6, 6.07) is 5.14. The van der Waals surface area contributed by atoms with Crippen molar-refractivity contribution in [2.24, 2.45) is 0 Å². The normalized spacial score (nSPS) is 12.5. The van der Waals surface area contributed by atoms with Crippen LogP contribution in [0.15, 0.2) is 18.2 Å². The van der Waals surface area contributed by atoms with E-state index in [-0.39, 0.29) is 5.92 Å². The zero-order valence-corrected chi connectivity index (χ0v) is 7.51. The summed E-state index contributed by atoms with van der Waals surface area (Å²) in [5.74, 6) is -0.194. The predicted molar refractivity (Wildman–Crippen MR) is 50.3 cm³/mol. The summed E-state index contributed by atoms with van der Waals surface area (Å²) >= 11 is 5.86. The highest BCUT2D eigenvalue weighted by molar-refractivity contribution is 6.31. The Kier molecular flexibility index (Phi) is 2.71. The third-order valence-corrected chi connectivity index (χ3v) is 2.06. The minimum Gasteiger partial charge on any atom is -0.399 e. The number of nitrogen functional groups attached to an aromatic ring is 1. The minimum atomic E-state index is -0.194. The number of anilines is 1. The van der Waals surface area contributed by atoms with Gasteiger partial charge in [-0.3, -0.25) is 0 Å². The van der Waals surface area contributed by atoms with Crippen LogP contribution in [0.2, 0.25) is 5.02 Å². The summed E-state index contributed by atoms with van der Waals surface area (Å²) in [5.41, 5.74) is 6.96. The molecule has 0 aliphatic carbocycles. The van der Waals surface area contributed by atoms with Gasteiger partial charge < -0.3 is 10.5 Å². The molecule has 0 saturated carbocycles. The first-order chi connectivity index (χ1) is 5.65. The van der Waals surface area contributed by atoms with Gasteiger partial charge in [-0.2, -0.15) is 0 Å². The van der Waals surface area contributed by atoms with E-state index >= 15 is 0 Å². The van der Waals surface area contributed by atoms with Crippen LogP contribution >= 0.6 is 11.6 Å². The number of benzene rings is 1. The van der Waals surface area contributed by atoms with Crippen molar-refractivity contribution >= 4 is 23.6 Å². The summed E-state index contributed by atoms with van der Waals surface area (Å²) in [4.78, 5) is 10.5. The molecule has 0 heterocycles. The molecule has 0 fully saturated rings. The molecule has 0 aliphatic heterocycles. The van der Waals surface area contributed by atoms with Gasteiger partial charge in [0.05, 0.1) is 0 Å². The van der Waals surface area contributed by atoms with Crippen LogP contribution in [0, 0.1) is 0 Å². The molecule has 1 atom stereocenters. The summed E-state index contributed by atoms with van der Waals surface area (Å²) in [6.07, 6.45) is 0.848. The lowest BCUT2D eigenvalue weighted by atomic mass is 10.0. The van der Waals surface area contributed by atoms with Crippen LogP contribution in [0.3, 0.4) is 0 Å². The number of carbonyl (C=O) groups is 1. The highest BCUT2D eigenvalue weighted by Crippen LogP contribution is 2.24. The molecule has 0 saturated heterocycles. The van der Waals surface area contributed by atoms with Crippen LogP contribution in [-0.2, 0) is 4.79 Å². The second kappa shape index (κ2) is 3.59. The maximum Gasteiger partial charge on any atom is 0.127 e. The van der Waals surface area contributed by atoms with Gasteiger partial charge >= 0.3 is 0 Å². The molecule has 12 heavy (non-hydrogen) atoms. The van der Waals surface area contributed by atoms with E-state index in [9.17, 15) is 4.79 Å². The highest BCUT2D eigenvalue weighted by Gasteiger charge is 2.07. The first-order valence-electron chi connectivity index (χ1n) is 3.65. The third-order valence-electron chi connectivity index (χ3n) is 1.71. The van der Waals surface area contributed by atoms with Crippen LogP contribution < -0.4 is 5.73 Å². The SMILES string of the molecule is CC(C=O)c1cc(N)ccc1Cl. The molecular formula is C9H10ClNO. The van der Waals surface area contributed by atoms with Gasteiger partial charge in [0.15, 0.2) is 0 Å². The Morgan fingerprint density at radius 1 is 1.58 bits per heavy atom. The molecule has 1 unspecified atom stereocenters. The van der Waals surface area contributed by atoms with Crippen molar-refractivity contribution in [3.8, 4) is 0 Å². The fourth-order valence-electron chi connectivity index (χ4n) is 0.984. The number of halogens is 1. The standard InChI is InChI=1S/C9H10ClNO/c1-6(5-12)8-4-7(11)2-3-9(8)10/h2-6H,11H2,1H3. The molecule has 1 aromatic carbocycles. The molecule has 0 radical (unpaired) electrons. The zero-order valence-electron chi connectivity index (χ0n) is 6.75. The van der Waals surface area contributed by atoms with Gasteiger partial charge in [-0.15, -0.1) is 0 Å².